The highest BCUT2D eigenvalue weighted by atomic mass is 32.1. The maximum Gasteiger partial charge on any atom is 0.247 e. The molecule has 0 radical (unpaired) electrons. The van der Waals surface area contributed by atoms with E-state index >= 15 is 0 Å². The monoisotopic (exact) mass is 352 g/mol. The smallest absolute Gasteiger partial charge is 0.247 e. The summed E-state index contributed by atoms with van der Waals surface area (Å²) in [5.74, 6) is -0.526. The van der Waals surface area contributed by atoms with Crippen LogP contribution in [0.25, 0.3) is 16.3 Å². The van der Waals surface area contributed by atoms with Gasteiger partial charge in [0.15, 0.2) is 0 Å². The number of carbonyl (C=O) groups is 1. The highest BCUT2D eigenvalue weighted by molar-refractivity contribution is 7.19. The fourth-order valence-electron chi connectivity index (χ4n) is 2.43. The minimum atomic E-state index is -0.320. The first-order valence-electron chi connectivity index (χ1n) is 7.84. The van der Waals surface area contributed by atoms with E-state index in [2.05, 4.69) is 11.6 Å². The zero-order chi connectivity index (χ0) is 17.6. The molecule has 0 aliphatic rings. The molecule has 1 heterocycles. The standard InChI is InChI=1S/C20H17FN2OS/c1-2-13-23(14-15-7-3-4-8-16(15)21)20(24)12-11-19-22-17-9-5-6-10-18(17)25-19/h2-12H,1,13-14H2/b12-11+. The molecule has 0 spiro atoms. The molecule has 0 fully saturated rings. The molecular formula is C20H17FN2OS. The van der Waals surface area contributed by atoms with Gasteiger partial charge in [0.1, 0.15) is 10.8 Å². The number of rotatable bonds is 6. The predicted molar refractivity (Wildman–Crippen MR) is 101 cm³/mol. The molecule has 2 aromatic carbocycles. The van der Waals surface area contributed by atoms with Crippen LogP contribution in [0.4, 0.5) is 4.39 Å². The molecule has 5 heteroatoms. The summed E-state index contributed by atoms with van der Waals surface area (Å²) in [6.07, 6.45) is 4.80. The van der Waals surface area contributed by atoms with Gasteiger partial charge in [-0.2, -0.15) is 0 Å². The Labute approximate surface area is 149 Å². The highest BCUT2D eigenvalue weighted by Crippen LogP contribution is 2.22. The number of hydrogen-bond donors (Lipinski definition) is 0. The van der Waals surface area contributed by atoms with Gasteiger partial charge in [-0.1, -0.05) is 36.4 Å². The van der Waals surface area contributed by atoms with E-state index in [0.29, 0.717) is 12.1 Å². The molecule has 1 aromatic heterocycles. The lowest BCUT2D eigenvalue weighted by atomic mass is 10.2. The van der Waals surface area contributed by atoms with E-state index in [-0.39, 0.29) is 18.3 Å². The summed E-state index contributed by atoms with van der Waals surface area (Å²) >= 11 is 1.52. The van der Waals surface area contributed by atoms with Gasteiger partial charge in [0.2, 0.25) is 5.91 Å². The average Bonchev–Trinajstić information content (AvgIpc) is 3.04. The van der Waals surface area contributed by atoms with Gasteiger partial charge in [0.25, 0.3) is 0 Å². The Morgan fingerprint density at radius 3 is 2.72 bits per heavy atom. The normalized spacial score (nSPS) is 11.1. The molecule has 0 saturated heterocycles. The number of thiazole rings is 1. The first-order valence-corrected chi connectivity index (χ1v) is 8.66. The predicted octanol–water partition coefficient (Wildman–Crippen LogP) is 4.66. The van der Waals surface area contributed by atoms with Crippen molar-refractivity contribution in [3.8, 4) is 0 Å². The van der Waals surface area contributed by atoms with E-state index in [9.17, 15) is 9.18 Å². The molecule has 0 atom stereocenters. The number of nitrogens with zero attached hydrogens (tertiary/aromatic N) is 2. The van der Waals surface area contributed by atoms with Crippen LogP contribution in [0.3, 0.4) is 0 Å². The molecule has 126 valence electrons. The van der Waals surface area contributed by atoms with Gasteiger partial charge in [-0.25, -0.2) is 9.37 Å². The van der Waals surface area contributed by atoms with E-state index in [1.807, 2.05) is 24.3 Å². The number of halogens is 1. The lowest BCUT2D eigenvalue weighted by molar-refractivity contribution is -0.126. The highest BCUT2D eigenvalue weighted by Gasteiger charge is 2.12. The van der Waals surface area contributed by atoms with Crippen LogP contribution < -0.4 is 0 Å². The zero-order valence-corrected chi connectivity index (χ0v) is 14.4. The number of para-hydroxylation sites is 1. The topological polar surface area (TPSA) is 33.2 Å². The van der Waals surface area contributed by atoms with Crippen molar-refractivity contribution in [1.82, 2.24) is 9.88 Å². The molecular weight excluding hydrogens is 335 g/mol. The van der Waals surface area contributed by atoms with Crippen molar-refractivity contribution >= 4 is 33.5 Å². The van der Waals surface area contributed by atoms with E-state index < -0.39 is 0 Å². The van der Waals surface area contributed by atoms with Gasteiger partial charge in [0.05, 0.1) is 10.2 Å². The van der Waals surface area contributed by atoms with E-state index in [4.69, 9.17) is 0 Å². The zero-order valence-electron chi connectivity index (χ0n) is 13.6. The molecule has 0 saturated carbocycles. The van der Waals surface area contributed by atoms with Crippen LogP contribution in [0, 0.1) is 5.82 Å². The third-order valence-electron chi connectivity index (χ3n) is 3.66. The number of hydrogen-bond acceptors (Lipinski definition) is 3. The molecule has 0 N–H and O–H groups in total. The summed E-state index contributed by atoms with van der Waals surface area (Å²) in [4.78, 5) is 18.5. The molecule has 0 aliphatic heterocycles. The van der Waals surface area contributed by atoms with Crippen LogP contribution in [-0.2, 0) is 11.3 Å². The molecule has 1 amide bonds. The van der Waals surface area contributed by atoms with Crippen LogP contribution in [0.15, 0.2) is 67.3 Å². The fourth-order valence-corrected chi connectivity index (χ4v) is 3.30. The second-order valence-electron chi connectivity index (χ2n) is 5.45. The van der Waals surface area contributed by atoms with Gasteiger partial charge in [-0.3, -0.25) is 4.79 Å². The van der Waals surface area contributed by atoms with Crippen molar-refractivity contribution in [3.63, 3.8) is 0 Å². The first-order chi connectivity index (χ1) is 12.2. The maximum atomic E-state index is 13.8. The average molecular weight is 352 g/mol. The van der Waals surface area contributed by atoms with Crippen molar-refractivity contribution in [3.05, 3.63) is 83.7 Å². The van der Waals surface area contributed by atoms with Crippen molar-refractivity contribution in [1.29, 1.82) is 0 Å². The maximum absolute atomic E-state index is 13.8. The van der Waals surface area contributed by atoms with Crippen molar-refractivity contribution in [2.45, 2.75) is 6.54 Å². The third-order valence-corrected chi connectivity index (χ3v) is 4.66. The van der Waals surface area contributed by atoms with Crippen LogP contribution in [0.5, 0.6) is 0 Å². The number of aromatic nitrogens is 1. The summed E-state index contributed by atoms with van der Waals surface area (Å²) in [6.45, 7) is 4.21. The molecule has 3 nitrogen and oxygen atoms in total. The van der Waals surface area contributed by atoms with Crippen LogP contribution in [0.1, 0.15) is 10.6 Å². The van der Waals surface area contributed by atoms with Gasteiger partial charge < -0.3 is 4.90 Å². The number of amides is 1. The van der Waals surface area contributed by atoms with Crippen molar-refractivity contribution in [2.75, 3.05) is 6.54 Å². The van der Waals surface area contributed by atoms with Gasteiger partial charge in [0, 0.05) is 24.7 Å². The fraction of sp³-hybridized carbons (Fsp3) is 0.100. The Bertz CT molecular complexity index is 899. The number of benzene rings is 2. The van der Waals surface area contributed by atoms with E-state index in [0.717, 1.165) is 15.2 Å². The summed E-state index contributed by atoms with van der Waals surface area (Å²) in [5.41, 5.74) is 1.39. The Balaban J connectivity index is 1.75. The van der Waals surface area contributed by atoms with Crippen molar-refractivity contribution < 1.29 is 9.18 Å². The van der Waals surface area contributed by atoms with Crippen LogP contribution in [0.2, 0.25) is 0 Å². The van der Waals surface area contributed by atoms with Gasteiger partial charge >= 0.3 is 0 Å². The van der Waals surface area contributed by atoms with E-state index in [1.165, 1.54) is 28.4 Å². The largest absolute Gasteiger partial charge is 0.331 e. The summed E-state index contributed by atoms with van der Waals surface area (Å²) in [5, 5.41) is 0.763. The molecule has 3 aromatic rings. The lowest BCUT2D eigenvalue weighted by Crippen LogP contribution is -2.29. The molecule has 25 heavy (non-hydrogen) atoms. The lowest BCUT2D eigenvalue weighted by Gasteiger charge is -2.19. The van der Waals surface area contributed by atoms with Gasteiger partial charge in [-0.05, 0) is 24.3 Å². The number of carbonyl (C=O) groups excluding carboxylic acids is 1. The second-order valence-corrected chi connectivity index (χ2v) is 6.51. The van der Waals surface area contributed by atoms with Crippen LogP contribution in [-0.4, -0.2) is 22.3 Å². The third kappa shape index (κ3) is 4.19. The molecule has 0 unspecified atom stereocenters. The SMILES string of the molecule is C=CCN(Cc1ccccc1F)C(=O)/C=C/c1nc2ccccc2s1. The Morgan fingerprint density at radius 2 is 1.96 bits per heavy atom. The molecule has 0 aliphatic carbocycles. The molecule has 3 rings (SSSR count). The Kier molecular flexibility index (Phi) is 5.36. The van der Waals surface area contributed by atoms with Crippen LogP contribution >= 0.6 is 11.3 Å². The van der Waals surface area contributed by atoms with E-state index in [1.54, 1.807) is 30.4 Å². The Morgan fingerprint density at radius 1 is 1.20 bits per heavy atom. The minimum Gasteiger partial charge on any atom is -0.331 e. The minimum absolute atomic E-state index is 0.196. The summed E-state index contributed by atoms with van der Waals surface area (Å²) in [6, 6.07) is 14.3. The van der Waals surface area contributed by atoms with Gasteiger partial charge in [-0.15, -0.1) is 17.9 Å². The quantitative estimate of drug-likeness (QED) is 0.477. The molecule has 0 bridgehead atoms. The second kappa shape index (κ2) is 7.85. The summed E-state index contributed by atoms with van der Waals surface area (Å²) < 4.78 is 14.9. The number of fused-ring (bicyclic) bond motifs is 1. The summed E-state index contributed by atoms with van der Waals surface area (Å²) in [7, 11) is 0. The van der Waals surface area contributed by atoms with Crippen molar-refractivity contribution in [2.24, 2.45) is 0 Å². The first kappa shape index (κ1) is 17.0. The Hall–Kier alpha value is -2.79.